The molecular formula is C23H31NO8. The van der Waals surface area contributed by atoms with Crippen LogP contribution < -0.4 is 4.90 Å². The Labute approximate surface area is 187 Å². The Bertz CT molecular complexity index is 900. The third-order valence-electron chi connectivity index (χ3n) is 6.38. The van der Waals surface area contributed by atoms with E-state index in [2.05, 4.69) is 0 Å². The number of carbonyl (C=O) groups excluding carboxylic acids is 4. The van der Waals surface area contributed by atoms with E-state index in [1.807, 2.05) is 0 Å². The van der Waals surface area contributed by atoms with Gasteiger partial charge in [0.1, 0.15) is 12.4 Å². The van der Waals surface area contributed by atoms with Gasteiger partial charge in [-0.05, 0) is 38.8 Å². The lowest BCUT2D eigenvalue weighted by Crippen LogP contribution is -2.48. The number of phenolic OH excluding ortho intramolecular Hbond substituents is 1. The van der Waals surface area contributed by atoms with Crippen molar-refractivity contribution in [3.05, 3.63) is 24.3 Å². The van der Waals surface area contributed by atoms with E-state index >= 15 is 0 Å². The van der Waals surface area contributed by atoms with Gasteiger partial charge in [0, 0.05) is 12.0 Å². The molecule has 2 amide bonds. The summed E-state index contributed by atoms with van der Waals surface area (Å²) in [5.41, 5.74) is -2.50. The minimum Gasteiger partial charge on any atom is -0.508 e. The highest BCUT2D eigenvalue weighted by Gasteiger charge is 2.60. The number of imide groups is 1. The van der Waals surface area contributed by atoms with Gasteiger partial charge < -0.3 is 19.7 Å². The zero-order chi connectivity index (χ0) is 24.3. The van der Waals surface area contributed by atoms with Crippen LogP contribution in [0.15, 0.2) is 24.3 Å². The molecule has 1 aromatic carbocycles. The van der Waals surface area contributed by atoms with Gasteiger partial charge in [0.15, 0.2) is 0 Å². The maximum atomic E-state index is 13.5. The number of carbonyl (C=O) groups is 4. The van der Waals surface area contributed by atoms with Crippen molar-refractivity contribution in [2.75, 3.05) is 25.2 Å². The predicted octanol–water partition coefficient (Wildman–Crippen LogP) is 2.04. The number of phenols is 1. The number of aromatic hydroxyl groups is 1. The fourth-order valence-corrected chi connectivity index (χ4v) is 4.53. The van der Waals surface area contributed by atoms with Crippen LogP contribution in [0.4, 0.5) is 5.69 Å². The Morgan fingerprint density at radius 1 is 1.16 bits per heavy atom. The van der Waals surface area contributed by atoms with Gasteiger partial charge in [-0.3, -0.25) is 19.2 Å². The minimum absolute atomic E-state index is 0.102. The third-order valence-corrected chi connectivity index (χ3v) is 6.38. The Hall–Kier alpha value is -2.94. The Morgan fingerprint density at radius 3 is 2.34 bits per heavy atom. The maximum absolute atomic E-state index is 13.5. The van der Waals surface area contributed by atoms with Crippen molar-refractivity contribution in [2.45, 2.75) is 40.5 Å². The molecule has 1 saturated heterocycles. The highest BCUT2D eigenvalue weighted by atomic mass is 16.5. The van der Waals surface area contributed by atoms with Gasteiger partial charge in [-0.15, -0.1) is 0 Å². The number of hydrogen-bond acceptors (Lipinski definition) is 8. The highest BCUT2D eigenvalue weighted by Crippen LogP contribution is 2.49. The average molecular weight is 450 g/mol. The normalized spacial score (nSPS) is 22.2. The molecule has 32 heavy (non-hydrogen) atoms. The van der Waals surface area contributed by atoms with E-state index < -0.39 is 53.0 Å². The number of nitrogens with zero attached hydrogens (tertiary/aromatic N) is 1. The van der Waals surface area contributed by atoms with E-state index in [1.165, 1.54) is 38.3 Å². The summed E-state index contributed by atoms with van der Waals surface area (Å²) in [6.45, 7) is 5.76. The minimum atomic E-state index is -1.56. The van der Waals surface area contributed by atoms with Crippen LogP contribution in [-0.2, 0) is 28.7 Å². The molecule has 0 radical (unpaired) electrons. The zero-order valence-corrected chi connectivity index (χ0v) is 19.1. The second kappa shape index (κ2) is 9.68. The fourth-order valence-electron chi connectivity index (χ4n) is 4.53. The van der Waals surface area contributed by atoms with Crippen LogP contribution in [0.25, 0.3) is 0 Å². The van der Waals surface area contributed by atoms with Gasteiger partial charge in [-0.2, -0.15) is 0 Å². The van der Waals surface area contributed by atoms with E-state index in [-0.39, 0.29) is 24.5 Å². The van der Waals surface area contributed by atoms with Crippen LogP contribution in [0, 0.1) is 22.7 Å². The topological polar surface area (TPSA) is 130 Å². The lowest BCUT2D eigenvalue weighted by molar-refractivity contribution is -0.169. The quantitative estimate of drug-likeness (QED) is 0.433. The molecule has 1 aliphatic rings. The second-order valence-corrected chi connectivity index (χ2v) is 8.66. The molecular weight excluding hydrogens is 418 g/mol. The molecule has 0 saturated carbocycles. The third kappa shape index (κ3) is 4.48. The van der Waals surface area contributed by atoms with Crippen molar-refractivity contribution < 1.29 is 38.9 Å². The molecule has 9 heteroatoms. The molecule has 4 unspecified atom stereocenters. The van der Waals surface area contributed by atoms with Gasteiger partial charge >= 0.3 is 11.9 Å². The number of rotatable bonds is 9. The van der Waals surface area contributed by atoms with E-state index in [1.54, 1.807) is 20.8 Å². The number of anilines is 1. The number of esters is 2. The van der Waals surface area contributed by atoms with Crippen LogP contribution >= 0.6 is 0 Å². The zero-order valence-electron chi connectivity index (χ0n) is 19.1. The van der Waals surface area contributed by atoms with Crippen LogP contribution in [0.1, 0.15) is 40.5 Å². The monoisotopic (exact) mass is 449 g/mol. The summed E-state index contributed by atoms with van der Waals surface area (Å²) >= 11 is 0. The van der Waals surface area contributed by atoms with Crippen molar-refractivity contribution in [1.29, 1.82) is 0 Å². The first kappa shape index (κ1) is 25.3. The summed E-state index contributed by atoms with van der Waals surface area (Å²) in [4.78, 5) is 53.3. The van der Waals surface area contributed by atoms with Crippen molar-refractivity contribution in [3.8, 4) is 5.75 Å². The molecule has 176 valence electrons. The van der Waals surface area contributed by atoms with Crippen molar-refractivity contribution in [3.63, 3.8) is 0 Å². The van der Waals surface area contributed by atoms with Gasteiger partial charge in [0.05, 0.1) is 36.2 Å². The van der Waals surface area contributed by atoms with Gasteiger partial charge in [0.25, 0.3) is 0 Å². The Balaban J connectivity index is 2.57. The number of methoxy groups -OCH3 is 1. The molecule has 1 fully saturated rings. The Morgan fingerprint density at radius 2 is 1.81 bits per heavy atom. The number of benzene rings is 1. The molecule has 4 atom stereocenters. The largest absolute Gasteiger partial charge is 0.508 e. The first-order chi connectivity index (χ1) is 15.0. The van der Waals surface area contributed by atoms with Crippen LogP contribution in [0.2, 0.25) is 0 Å². The molecule has 0 aliphatic carbocycles. The number of amides is 2. The standard InChI is InChI=1S/C23H31NO8/c1-6-22(3,20(29)31-5)13-23(4,21(30)32-11-10-25)17-14(2)18(27)24(19(17)28)15-8-7-9-16(26)12-15/h7-9,12,14,17,25-26H,6,10-11,13H2,1-5H3. The molecule has 2 N–H and O–H groups in total. The molecule has 1 heterocycles. The SMILES string of the molecule is CCC(C)(CC(C)(C(=O)OCCO)C1C(=O)N(c2cccc(O)c2)C(=O)C1C)C(=O)OC. The lowest BCUT2D eigenvalue weighted by Gasteiger charge is -2.39. The molecule has 0 bridgehead atoms. The van der Waals surface area contributed by atoms with E-state index in [0.717, 1.165) is 4.90 Å². The smallest absolute Gasteiger partial charge is 0.312 e. The first-order valence-electron chi connectivity index (χ1n) is 10.5. The lowest BCUT2D eigenvalue weighted by atomic mass is 9.63. The molecule has 1 aromatic rings. The Kier molecular flexibility index (Phi) is 7.66. The van der Waals surface area contributed by atoms with Crippen molar-refractivity contribution in [2.24, 2.45) is 22.7 Å². The summed E-state index contributed by atoms with van der Waals surface area (Å²) in [5.74, 6) is -4.62. The van der Waals surface area contributed by atoms with Crippen LogP contribution in [-0.4, -0.2) is 54.3 Å². The molecule has 1 aliphatic heterocycles. The van der Waals surface area contributed by atoms with Crippen molar-refractivity contribution in [1.82, 2.24) is 0 Å². The maximum Gasteiger partial charge on any atom is 0.312 e. The number of ether oxygens (including phenoxy) is 2. The van der Waals surface area contributed by atoms with Gasteiger partial charge in [-0.25, -0.2) is 4.90 Å². The van der Waals surface area contributed by atoms with Gasteiger partial charge in [0.2, 0.25) is 11.8 Å². The van der Waals surface area contributed by atoms with E-state index in [4.69, 9.17) is 14.6 Å². The van der Waals surface area contributed by atoms with E-state index in [9.17, 15) is 24.3 Å². The highest BCUT2D eigenvalue weighted by molar-refractivity contribution is 6.23. The number of aliphatic hydroxyl groups excluding tert-OH is 1. The molecule has 0 aromatic heterocycles. The first-order valence-corrected chi connectivity index (χ1v) is 10.5. The molecule has 0 spiro atoms. The van der Waals surface area contributed by atoms with E-state index in [0.29, 0.717) is 6.42 Å². The second-order valence-electron chi connectivity index (χ2n) is 8.66. The van der Waals surface area contributed by atoms with Gasteiger partial charge in [-0.1, -0.05) is 19.9 Å². The summed E-state index contributed by atoms with van der Waals surface area (Å²) in [5, 5.41) is 18.9. The number of aliphatic hydroxyl groups is 1. The molecule has 9 nitrogen and oxygen atoms in total. The number of hydrogen-bond donors (Lipinski definition) is 2. The predicted molar refractivity (Wildman–Crippen MR) is 114 cm³/mol. The fraction of sp³-hybridized carbons (Fsp3) is 0.565. The van der Waals surface area contributed by atoms with Crippen molar-refractivity contribution >= 4 is 29.4 Å². The van der Waals surface area contributed by atoms with Crippen LogP contribution in [0.5, 0.6) is 5.75 Å². The molecule has 2 rings (SSSR count). The summed E-state index contributed by atoms with van der Waals surface area (Å²) in [6.07, 6.45) is 0.220. The van der Waals surface area contributed by atoms with Crippen LogP contribution in [0.3, 0.4) is 0 Å². The summed E-state index contributed by atoms with van der Waals surface area (Å²) < 4.78 is 10.1. The average Bonchev–Trinajstić information content (AvgIpc) is 2.99. The summed E-state index contributed by atoms with van der Waals surface area (Å²) in [6, 6.07) is 5.71. The summed E-state index contributed by atoms with van der Waals surface area (Å²) in [7, 11) is 1.24.